The van der Waals surface area contributed by atoms with E-state index in [9.17, 15) is 4.79 Å². The molecule has 16 heavy (non-hydrogen) atoms. The van der Waals surface area contributed by atoms with Gasteiger partial charge in [0.1, 0.15) is 5.15 Å². The van der Waals surface area contributed by atoms with Crippen LogP contribution in [0.1, 0.15) is 5.69 Å². The van der Waals surface area contributed by atoms with Crippen LogP contribution in [0.4, 0.5) is 4.79 Å². The first-order chi connectivity index (χ1) is 7.61. The number of nitrogens with zero attached hydrogens (tertiary/aromatic N) is 2. The second-order valence-corrected chi connectivity index (χ2v) is 3.25. The number of rotatable bonds is 2. The monoisotopic (exact) mass is 241 g/mol. The first-order valence-corrected chi connectivity index (χ1v) is 4.88. The van der Waals surface area contributed by atoms with Gasteiger partial charge in [-0.15, -0.1) is 0 Å². The Morgan fingerprint density at radius 3 is 2.94 bits per heavy atom. The van der Waals surface area contributed by atoms with Crippen molar-refractivity contribution in [3.05, 3.63) is 29.0 Å². The molecule has 7 heteroatoms. The lowest BCUT2D eigenvalue weighted by Gasteiger charge is -2.08. The minimum Gasteiger partial charge on any atom is -0.351 e. The Balaban J connectivity index is 2.53. The van der Waals surface area contributed by atoms with Crippen LogP contribution in [0.25, 0.3) is 0 Å². The van der Waals surface area contributed by atoms with Gasteiger partial charge in [0.15, 0.2) is 5.96 Å². The fourth-order valence-corrected chi connectivity index (χ4v) is 1.20. The molecule has 1 rings (SSSR count). The summed E-state index contributed by atoms with van der Waals surface area (Å²) >= 11 is 5.72. The Bertz CT molecular complexity index is 407. The number of halogens is 1. The van der Waals surface area contributed by atoms with Crippen molar-refractivity contribution >= 4 is 23.6 Å². The summed E-state index contributed by atoms with van der Waals surface area (Å²) in [6.07, 6.45) is 0. The second-order valence-electron chi connectivity index (χ2n) is 2.87. The molecule has 1 aromatic heterocycles. The third-order valence-electron chi connectivity index (χ3n) is 1.67. The predicted octanol–water partition coefficient (Wildman–Crippen LogP) is 0.479. The molecular formula is C9H12ClN5O. The van der Waals surface area contributed by atoms with Gasteiger partial charge in [-0.2, -0.15) is 0 Å². The zero-order valence-corrected chi connectivity index (χ0v) is 9.45. The van der Waals surface area contributed by atoms with Gasteiger partial charge < -0.3 is 11.1 Å². The SMILES string of the molecule is CN=C(NCc1cccc(Cl)n1)NC(N)=O. The maximum atomic E-state index is 10.6. The van der Waals surface area contributed by atoms with E-state index in [-0.39, 0.29) is 5.96 Å². The van der Waals surface area contributed by atoms with E-state index in [1.807, 2.05) is 0 Å². The second kappa shape index (κ2) is 5.92. The van der Waals surface area contributed by atoms with Gasteiger partial charge in [0.05, 0.1) is 12.2 Å². The van der Waals surface area contributed by atoms with Gasteiger partial charge in [-0.25, -0.2) is 9.78 Å². The summed E-state index contributed by atoms with van der Waals surface area (Å²) in [6, 6.07) is 4.60. The van der Waals surface area contributed by atoms with Crippen molar-refractivity contribution in [1.82, 2.24) is 15.6 Å². The molecule has 0 spiro atoms. The molecule has 4 N–H and O–H groups in total. The molecule has 0 aromatic carbocycles. The van der Waals surface area contributed by atoms with E-state index in [1.54, 1.807) is 18.2 Å². The number of aliphatic imine (C=N–C) groups is 1. The molecule has 0 fully saturated rings. The number of aromatic nitrogens is 1. The molecule has 0 aliphatic rings. The summed E-state index contributed by atoms with van der Waals surface area (Å²) in [6.45, 7) is 0.396. The maximum absolute atomic E-state index is 10.6. The van der Waals surface area contributed by atoms with E-state index >= 15 is 0 Å². The van der Waals surface area contributed by atoms with Gasteiger partial charge in [-0.1, -0.05) is 17.7 Å². The van der Waals surface area contributed by atoms with Crippen LogP contribution in [0.15, 0.2) is 23.2 Å². The fourth-order valence-electron chi connectivity index (χ4n) is 1.02. The van der Waals surface area contributed by atoms with Gasteiger partial charge >= 0.3 is 6.03 Å². The Hall–Kier alpha value is -1.82. The summed E-state index contributed by atoms with van der Waals surface area (Å²) in [5.74, 6) is 0.286. The molecule has 0 aliphatic heterocycles. The third kappa shape index (κ3) is 4.14. The van der Waals surface area contributed by atoms with Crippen molar-refractivity contribution < 1.29 is 4.79 Å². The first kappa shape index (κ1) is 12.3. The van der Waals surface area contributed by atoms with Crippen LogP contribution in [-0.2, 0) is 6.54 Å². The van der Waals surface area contributed by atoms with Crippen LogP contribution in [0.5, 0.6) is 0 Å². The number of guanidine groups is 1. The molecule has 0 atom stereocenters. The quantitative estimate of drug-likeness (QED) is 0.399. The normalized spacial score (nSPS) is 11.0. The van der Waals surface area contributed by atoms with Crippen molar-refractivity contribution in [2.75, 3.05) is 7.05 Å². The molecule has 0 aliphatic carbocycles. The van der Waals surface area contributed by atoms with Gasteiger partial charge in [-0.05, 0) is 12.1 Å². The Kier molecular flexibility index (Phi) is 4.53. The molecule has 0 bridgehead atoms. The molecular weight excluding hydrogens is 230 g/mol. The molecule has 2 amide bonds. The van der Waals surface area contributed by atoms with Crippen LogP contribution in [0.2, 0.25) is 5.15 Å². The molecule has 6 nitrogen and oxygen atoms in total. The highest BCUT2D eigenvalue weighted by Gasteiger charge is 2.01. The highest BCUT2D eigenvalue weighted by Crippen LogP contribution is 2.04. The summed E-state index contributed by atoms with van der Waals surface area (Å²) in [5, 5.41) is 5.61. The molecule has 86 valence electrons. The Morgan fingerprint density at radius 2 is 2.38 bits per heavy atom. The first-order valence-electron chi connectivity index (χ1n) is 4.50. The van der Waals surface area contributed by atoms with E-state index in [0.29, 0.717) is 11.7 Å². The number of carbonyl (C=O) groups is 1. The van der Waals surface area contributed by atoms with Crippen LogP contribution in [0, 0.1) is 0 Å². The van der Waals surface area contributed by atoms with E-state index in [4.69, 9.17) is 17.3 Å². The number of nitrogens with two attached hydrogens (primary N) is 1. The molecule has 0 saturated heterocycles. The number of carbonyl (C=O) groups excluding carboxylic acids is 1. The van der Waals surface area contributed by atoms with Gasteiger partial charge in [0, 0.05) is 7.05 Å². The van der Waals surface area contributed by atoms with Crippen molar-refractivity contribution in [3.63, 3.8) is 0 Å². The third-order valence-corrected chi connectivity index (χ3v) is 1.89. The molecule has 0 saturated carbocycles. The van der Waals surface area contributed by atoms with Crippen molar-refractivity contribution in [2.24, 2.45) is 10.7 Å². The lowest BCUT2D eigenvalue weighted by molar-refractivity contribution is 0.253. The van der Waals surface area contributed by atoms with Crippen molar-refractivity contribution in [3.8, 4) is 0 Å². The predicted molar refractivity (Wildman–Crippen MR) is 62.2 cm³/mol. The van der Waals surface area contributed by atoms with Gasteiger partial charge in [0.25, 0.3) is 0 Å². The highest BCUT2D eigenvalue weighted by molar-refractivity contribution is 6.29. The smallest absolute Gasteiger partial charge is 0.318 e. The summed E-state index contributed by atoms with van der Waals surface area (Å²) in [7, 11) is 1.53. The zero-order valence-electron chi connectivity index (χ0n) is 8.70. The zero-order chi connectivity index (χ0) is 12.0. The summed E-state index contributed by atoms with van der Waals surface area (Å²) < 4.78 is 0. The van der Waals surface area contributed by atoms with Gasteiger partial charge in [-0.3, -0.25) is 10.3 Å². The maximum Gasteiger partial charge on any atom is 0.318 e. The lowest BCUT2D eigenvalue weighted by Crippen LogP contribution is -2.43. The number of nitrogens with one attached hydrogen (secondary N) is 2. The van der Waals surface area contributed by atoms with E-state index in [2.05, 4.69) is 20.6 Å². The summed E-state index contributed by atoms with van der Waals surface area (Å²) in [4.78, 5) is 18.4. The number of hydrogen-bond donors (Lipinski definition) is 3. The number of urea groups is 1. The van der Waals surface area contributed by atoms with Crippen LogP contribution in [0.3, 0.4) is 0 Å². The topological polar surface area (TPSA) is 92.4 Å². The minimum atomic E-state index is -0.674. The van der Waals surface area contributed by atoms with E-state index < -0.39 is 6.03 Å². The Labute approximate surface area is 97.9 Å². The average Bonchev–Trinajstić information content (AvgIpc) is 2.24. The standard InChI is InChI=1S/C9H12ClN5O/c1-12-9(15-8(11)16)13-5-6-3-2-4-7(10)14-6/h2-4H,5H2,1H3,(H4,11,12,13,15,16). The number of pyridine rings is 1. The highest BCUT2D eigenvalue weighted by atomic mass is 35.5. The van der Waals surface area contributed by atoms with Crippen LogP contribution in [-0.4, -0.2) is 24.0 Å². The molecule has 0 unspecified atom stereocenters. The minimum absolute atomic E-state index is 0.286. The van der Waals surface area contributed by atoms with Crippen LogP contribution >= 0.6 is 11.6 Å². The largest absolute Gasteiger partial charge is 0.351 e. The van der Waals surface area contributed by atoms with Crippen molar-refractivity contribution in [2.45, 2.75) is 6.54 Å². The van der Waals surface area contributed by atoms with E-state index in [0.717, 1.165) is 5.69 Å². The van der Waals surface area contributed by atoms with Crippen molar-refractivity contribution in [1.29, 1.82) is 0 Å². The number of hydrogen-bond acceptors (Lipinski definition) is 3. The Morgan fingerprint density at radius 1 is 1.62 bits per heavy atom. The number of amides is 2. The summed E-state index contributed by atoms with van der Waals surface area (Å²) in [5.41, 5.74) is 5.69. The van der Waals surface area contributed by atoms with E-state index in [1.165, 1.54) is 7.05 Å². The van der Waals surface area contributed by atoms with Gasteiger partial charge in [0.2, 0.25) is 0 Å². The number of primary amides is 1. The average molecular weight is 242 g/mol. The fraction of sp³-hybridized carbons (Fsp3) is 0.222. The molecule has 1 aromatic rings. The van der Waals surface area contributed by atoms with Crippen LogP contribution < -0.4 is 16.4 Å². The molecule has 1 heterocycles. The molecule has 0 radical (unpaired) electrons. The lowest BCUT2D eigenvalue weighted by atomic mass is 10.3.